The summed E-state index contributed by atoms with van der Waals surface area (Å²) >= 11 is 0. The van der Waals surface area contributed by atoms with Crippen molar-refractivity contribution in [1.82, 2.24) is 0 Å². The molecule has 0 spiro atoms. The van der Waals surface area contributed by atoms with Gasteiger partial charge in [-0.1, -0.05) is 77.6 Å². The van der Waals surface area contributed by atoms with Gasteiger partial charge in [0, 0.05) is 6.42 Å². The van der Waals surface area contributed by atoms with Crippen molar-refractivity contribution in [1.29, 1.82) is 0 Å². The van der Waals surface area contributed by atoms with Crippen LogP contribution in [0.2, 0.25) is 0 Å². The number of hydrogen-bond donors (Lipinski definition) is 2. The van der Waals surface area contributed by atoms with Gasteiger partial charge in [-0.05, 0) is 19.3 Å². The molecule has 0 unspecified atom stereocenters. The van der Waals surface area contributed by atoms with E-state index >= 15 is 0 Å². The van der Waals surface area contributed by atoms with Gasteiger partial charge < -0.3 is 5.11 Å². The Hall–Kier alpha value is -0.660. The van der Waals surface area contributed by atoms with Crippen molar-refractivity contribution in [3.8, 4) is 0 Å². The molecule has 7 heteroatoms. The van der Waals surface area contributed by atoms with Crippen LogP contribution in [0.4, 0.5) is 0 Å². The average molecular weight is 381 g/mol. The topological polar surface area (TPSA) is 101 Å². The van der Waals surface area contributed by atoms with E-state index in [1.165, 1.54) is 25.7 Å². The first-order valence-corrected chi connectivity index (χ1v) is 11.1. The van der Waals surface area contributed by atoms with Gasteiger partial charge in [-0.25, -0.2) is 4.18 Å². The summed E-state index contributed by atoms with van der Waals surface area (Å²) in [4.78, 5) is 10.4. The van der Waals surface area contributed by atoms with Crippen molar-refractivity contribution in [3.63, 3.8) is 0 Å². The molecule has 6 nitrogen and oxygen atoms in total. The van der Waals surface area contributed by atoms with Crippen LogP contribution in [0, 0.1) is 0 Å². The minimum atomic E-state index is -4.40. The fourth-order valence-corrected chi connectivity index (χ4v) is 3.46. The number of carboxylic acids is 1. The second kappa shape index (κ2) is 15.6. The zero-order valence-corrected chi connectivity index (χ0v) is 16.4. The predicted molar refractivity (Wildman–Crippen MR) is 99.0 cm³/mol. The summed E-state index contributed by atoms with van der Waals surface area (Å²) in [6.45, 7) is 2.18. The van der Waals surface area contributed by atoms with Gasteiger partial charge in [-0.15, -0.1) is 0 Å². The summed E-state index contributed by atoms with van der Waals surface area (Å²) in [5, 5.41) is 8.56. The number of carboxylic acid groups (broad SMARTS) is 1. The summed E-state index contributed by atoms with van der Waals surface area (Å²) < 4.78 is 35.6. The Kier molecular flexibility index (Phi) is 15.2. The maximum atomic E-state index is 11.0. The minimum absolute atomic E-state index is 0.201. The average Bonchev–Trinajstić information content (AvgIpc) is 2.51. The highest BCUT2D eigenvalue weighted by Gasteiger charge is 2.16. The molecule has 0 saturated carbocycles. The number of aliphatic carboxylic acids is 1. The Bertz CT molecular complexity index is 421. The summed E-state index contributed by atoms with van der Waals surface area (Å²) in [5.41, 5.74) is 0. The number of hydrogen-bond acceptors (Lipinski definition) is 4. The molecule has 0 aliphatic heterocycles. The van der Waals surface area contributed by atoms with Crippen LogP contribution in [0.1, 0.15) is 103 Å². The van der Waals surface area contributed by atoms with E-state index < -0.39 is 22.5 Å². The van der Waals surface area contributed by atoms with Gasteiger partial charge in [0.1, 0.15) is 0 Å². The molecule has 1 atom stereocenters. The van der Waals surface area contributed by atoms with Crippen molar-refractivity contribution in [2.24, 2.45) is 0 Å². The molecule has 0 amide bonds. The van der Waals surface area contributed by atoms with Crippen LogP contribution in [-0.2, 0) is 19.4 Å². The van der Waals surface area contributed by atoms with E-state index in [1.807, 2.05) is 0 Å². The number of unbranched alkanes of at least 4 members (excludes halogenated alkanes) is 10. The second-order valence-corrected chi connectivity index (χ2v) is 7.80. The minimum Gasteiger partial charge on any atom is -0.481 e. The smallest absolute Gasteiger partial charge is 0.397 e. The third-order valence-corrected chi connectivity index (χ3v) is 4.82. The molecular formula is C18H36O6S. The molecule has 150 valence electrons. The van der Waals surface area contributed by atoms with E-state index in [0.29, 0.717) is 19.3 Å². The molecule has 0 aliphatic rings. The highest BCUT2D eigenvalue weighted by Crippen LogP contribution is 2.18. The fourth-order valence-electron chi connectivity index (χ4n) is 2.92. The first-order chi connectivity index (χ1) is 11.8. The summed E-state index contributed by atoms with van der Waals surface area (Å²) in [7, 11) is -4.40. The molecule has 0 bridgehead atoms. The van der Waals surface area contributed by atoms with Crippen molar-refractivity contribution in [3.05, 3.63) is 0 Å². The lowest BCUT2D eigenvalue weighted by Gasteiger charge is -2.15. The van der Waals surface area contributed by atoms with Gasteiger partial charge in [0.2, 0.25) is 0 Å². The maximum Gasteiger partial charge on any atom is 0.397 e. The third kappa shape index (κ3) is 19.5. The zero-order valence-electron chi connectivity index (χ0n) is 15.6. The molecule has 0 saturated heterocycles. The van der Waals surface area contributed by atoms with Crippen LogP contribution >= 0.6 is 0 Å². The molecule has 0 radical (unpaired) electrons. The molecule has 25 heavy (non-hydrogen) atoms. The lowest BCUT2D eigenvalue weighted by atomic mass is 10.0. The Balaban J connectivity index is 3.84. The molecule has 0 rings (SSSR count). The first-order valence-electron chi connectivity index (χ1n) is 9.72. The maximum absolute atomic E-state index is 11.0. The Morgan fingerprint density at radius 3 is 1.72 bits per heavy atom. The lowest BCUT2D eigenvalue weighted by molar-refractivity contribution is -0.137. The van der Waals surface area contributed by atoms with Crippen LogP contribution in [0.15, 0.2) is 0 Å². The van der Waals surface area contributed by atoms with Crippen molar-refractivity contribution in [2.75, 3.05) is 0 Å². The molecule has 0 fully saturated rings. The van der Waals surface area contributed by atoms with E-state index in [9.17, 15) is 13.2 Å². The Morgan fingerprint density at radius 2 is 1.28 bits per heavy atom. The highest BCUT2D eigenvalue weighted by molar-refractivity contribution is 7.80. The van der Waals surface area contributed by atoms with Crippen LogP contribution in [0.3, 0.4) is 0 Å². The molecule has 0 aromatic carbocycles. The zero-order chi connectivity index (χ0) is 19.0. The molecule has 2 N–H and O–H groups in total. The standard InChI is InChI=1S/C18H36O6S/c1-2-3-4-5-6-8-11-14-17(24-25(21,22)23)15-12-9-7-10-13-16-18(19)20/h17H,2-16H2,1H3,(H,19,20)(H,21,22,23)/t17-/m1/s1. The van der Waals surface area contributed by atoms with Crippen molar-refractivity contribution >= 4 is 16.4 Å². The first kappa shape index (κ1) is 24.3. The normalized spacial score (nSPS) is 13.0. The molecular weight excluding hydrogens is 344 g/mol. The van der Waals surface area contributed by atoms with Gasteiger partial charge in [-0.3, -0.25) is 9.35 Å². The molecule has 0 aromatic heterocycles. The summed E-state index contributed by atoms with van der Waals surface area (Å²) in [6.07, 6.45) is 13.3. The largest absolute Gasteiger partial charge is 0.481 e. The molecule has 0 aromatic rings. The second-order valence-electron chi connectivity index (χ2n) is 6.76. The van der Waals surface area contributed by atoms with Crippen LogP contribution in [0.25, 0.3) is 0 Å². The van der Waals surface area contributed by atoms with Gasteiger partial charge in [0.15, 0.2) is 0 Å². The number of carbonyl (C=O) groups is 1. The third-order valence-electron chi connectivity index (χ3n) is 4.30. The van der Waals surface area contributed by atoms with Crippen LogP contribution < -0.4 is 0 Å². The van der Waals surface area contributed by atoms with E-state index in [-0.39, 0.29) is 6.42 Å². The van der Waals surface area contributed by atoms with Crippen molar-refractivity contribution < 1.29 is 27.1 Å². The van der Waals surface area contributed by atoms with E-state index in [2.05, 4.69) is 6.92 Å². The van der Waals surface area contributed by atoms with E-state index in [1.54, 1.807) is 0 Å². The van der Waals surface area contributed by atoms with Crippen LogP contribution in [0.5, 0.6) is 0 Å². The predicted octanol–water partition coefficient (Wildman–Crippen LogP) is 5.13. The monoisotopic (exact) mass is 380 g/mol. The SMILES string of the molecule is CCCCCCCCC[C@H](CCCCCCCC(=O)O)OS(=O)(=O)O. The molecule has 0 aliphatic carbocycles. The van der Waals surface area contributed by atoms with E-state index in [0.717, 1.165) is 44.9 Å². The highest BCUT2D eigenvalue weighted by atomic mass is 32.3. The lowest BCUT2D eigenvalue weighted by Crippen LogP contribution is -2.18. The Labute approximate surface area is 153 Å². The van der Waals surface area contributed by atoms with Crippen molar-refractivity contribution in [2.45, 2.75) is 109 Å². The Morgan fingerprint density at radius 1 is 0.840 bits per heavy atom. The van der Waals surface area contributed by atoms with Gasteiger partial charge in [0.05, 0.1) is 6.10 Å². The fraction of sp³-hybridized carbons (Fsp3) is 0.944. The van der Waals surface area contributed by atoms with Gasteiger partial charge in [0.25, 0.3) is 0 Å². The quantitative estimate of drug-likeness (QED) is 0.252. The number of rotatable bonds is 18. The van der Waals surface area contributed by atoms with Gasteiger partial charge >= 0.3 is 16.4 Å². The van der Waals surface area contributed by atoms with E-state index in [4.69, 9.17) is 13.8 Å². The summed E-state index contributed by atoms with van der Waals surface area (Å²) in [6, 6.07) is 0. The summed E-state index contributed by atoms with van der Waals surface area (Å²) in [5.74, 6) is -0.767. The molecule has 0 heterocycles. The van der Waals surface area contributed by atoms with Crippen LogP contribution in [-0.4, -0.2) is 30.2 Å². The van der Waals surface area contributed by atoms with Gasteiger partial charge in [-0.2, -0.15) is 8.42 Å².